The van der Waals surface area contributed by atoms with E-state index < -0.39 is 44.7 Å². The highest BCUT2D eigenvalue weighted by Crippen LogP contribution is 2.36. The number of aliphatic hydroxyl groups is 2. The Balaban J connectivity index is 2.30. The van der Waals surface area contributed by atoms with Gasteiger partial charge in [-0.15, -0.1) is 0 Å². The molecule has 0 aliphatic heterocycles. The summed E-state index contributed by atoms with van der Waals surface area (Å²) < 4.78 is 26.3. The lowest BCUT2D eigenvalue weighted by molar-refractivity contribution is -0.161. The van der Waals surface area contributed by atoms with Crippen molar-refractivity contribution >= 4 is 25.5 Å². The number of ether oxygens (including phenoxy) is 2. The van der Waals surface area contributed by atoms with E-state index in [-0.39, 0.29) is 43.5 Å². The lowest BCUT2D eigenvalue weighted by atomic mass is 9.88. The van der Waals surface area contributed by atoms with Gasteiger partial charge < -0.3 is 29.5 Å². The highest BCUT2D eigenvalue weighted by atomic mass is 31.2. The van der Waals surface area contributed by atoms with Crippen LogP contribution in [0, 0.1) is 11.8 Å². The van der Waals surface area contributed by atoms with Crippen LogP contribution < -0.4 is 0 Å². The van der Waals surface area contributed by atoms with Crippen molar-refractivity contribution in [2.45, 2.75) is 186 Å². The SMILES string of the molecule is CCCCCCCCCCCCCCC(=O)O[C@H](COC(=O)CCCCCC[C@H]1[C@@H](O)CC(=O)[C@@H]1/C=C/[C@@H](O)CCCCC)COP(=O)(O)O. The van der Waals surface area contributed by atoms with E-state index >= 15 is 0 Å². The van der Waals surface area contributed by atoms with E-state index in [1.165, 1.54) is 51.4 Å². The van der Waals surface area contributed by atoms with E-state index in [1.54, 1.807) is 12.2 Å². The summed E-state index contributed by atoms with van der Waals surface area (Å²) in [6, 6.07) is 0. The van der Waals surface area contributed by atoms with E-state index in [0.717, 1.165) is 57.8 Å². The second-order valence-corrected chi connectivity index (χ2v) is 15.3. The molecule has 0 unspecified atom stereocenters. The number of rotatable bonds is 32. The van der Waals surface area contributed by atoms with Crippen molar-refractivity contribution in [1.82, 2.24) is 0 Å². The van der Waals surface area contributed by atoms with Gasteiger partial charge in [0.15, 0.2) is 6.10 Å². The molecule has 292 valence electrons. The van der Waals surface area contributed by atoms with Crippen LogP contribution in [-0.2, 0) is 32.9 Å². The zero-order chi connectivity index (χ0) is 37.0. The average molecular weight is 733 g/mol. The fourth-order valence-electron chi connectivity index (χ4n) is 6.45. The smallest absolute Gasteiger partial charge is 0.462 e. The Morgan fingerprint density at radius 2 is 1.30 bits per heavy atom. The number of aliphatic hydroxyl groups excluding tert-OH is 2. The van der Waals surface area contributed by atoms with Gasteiger partial charge in [-0.2, -0.15) is 0 Å². The number of hydrogen-bond acceptors (Lipinski definition) is 9. The van der Waals surface area contributed by atoms with E-state index in [9.17, 15) is 29.2 Å². The van der Waals surface area contributed by atoms with Gasteiger partial charge >= 0.3 is 19.8 Å². The number of allylic oxidation sites excluding steroid dienone is 1. The van der Waals surface area contributed by atoms with Crippen molar-refractivity contribution in [1.29, 1.82) is 0 Å². The number of Topliss-reactive ketones (excluding diaryl/α,β-unsaturated/α-hetero) is 1. The van der Waals surface area contributed by atoms with Crippen LogP contribution in [0.3, 0.4) is 0 Å². The van der Waals surface area contributed by atoms with Crippen molar-refractivity contribution in [2.24, 2.45) is 11.8 Å². The summed E-state index contributed by atoms with van der Waals surface area (Å²) in [5.41, 5.74) is 0. The molecule has 0 heterocycles. The summed E-state index contributed by atoms with van der Waals surface area (Å²) in [4.78, 5) is 55.4. The number of ketones is 1. The summed E-state index contributed by atoms with van der Waals surface area (Å²) in [6.07, 6.45) is 22.7. The monoisotopic (exact) mass is 732 g/mol. The maximum atomic E-state index is 12.5. The molecule has 1 aliphatic carbocycles. The molecule has 0 radical (unpaired) electrons. The molecule has 1 aliphatic rings. The van der Waals surface area contributed by atoms with Gasteiger partial charge in [-0.05, 0) is 31.6 Å². The van der Waals surface area contributed by atoms with Crippen molar-refractivity contribution < 1.29 is 52.9 Å². The molecule has 1 rings (SSSR count). The van der Waals surface area contributed by atoms with Crippen LogP contribution in [0.15, 0.2) is 12.2 Å². The fourth-order valence-corrected chi connectivity index (χ4v) is 6.81. The average Bonchev–Trinajstić information content (AvgIpc) is 3.33. The third kappa shape index (κ3) is 24.5. The van der Waals surface area contributed by atoms with Crippen LogP contribution >= 0.6 is 7.82 Å². The minimum atomic E-state index is -4.80. The predicted octanol–water partition coefficient (Wildman–Crippen LogP) is 8.05. The molecular formula is C38H69O11P. The first-order chi connectivity index (χ1) is 24.0. The van der Waals surface area contributed by atoms with Crippen molar-refractivity contribution in [3.63, 3.8) is 0 Å². The highest BCUT2D eigenvalue weighted by Gasteiger charge is 2.39. The predicted molar refractivity (Wildman–Crippen MR) is 194 cm³/mol. The van der Waals surface area contributed by atoms with Crippen molar-refractivity contribution in [3.8, 4) is 0 Å². The summed E-state index contributed by atoms with van der Waals surface area (Å²) in [6.45, 7) is 3.37. The normalized spacial score (nSPS) is 19.2. The molecule has 1 saturated carbocycles. The summed E-state index contributed by atoms with van der Waals surface area (Å²) in [7, 11) is -4.80. The van der Waals surface area contributed by atoms with Gasteiger partial charge in [-0.25, -0.2) is 4.57 Å². The van der Waals surface area contributed by atoms with Gasteiger partial charge in [0.1, 0.15) is 12.4 Å². The molecule has 12 heteroatoms. The Morgan fingerprint density at radius 3 is 1.88 bits per heavy atom. The molecule has 0 aromatic rings. The summed E-state index contributed by atoms with van der Waals surface area (Å²) in [5.74, 6) is -1.60. The molecule has 11 nitrogen and oxygen atoms in total. The zero-order valence-corrected chi connectivity index (χ0v) is 31.9. The minimum Gasteiger partial charge on any atom is -0.462 e. The fraction of sp³-hybridized carbons (Fsp3) is 0.868. The topological polar surface area (TPSA) is 177 Å². The van der Waals surface area contributed by atoms with Gasteiger partial charge in [0.2, 0.25) is 0 Å². The first-order valence-corrected chi connectivity index (χ1v) is 21.1. The quantitative estimate of drug-likeness (QED) is 0.0228. The van der Waals surface area contributed by atoms with Crippen molar-refractivity contribution in [3.05, 3.63) is 12.2 Å². The summed E-state index contributed by atoms with van der Waals surface area (Å²) in [5, 5.41) is 20.6. The Morgan fingerprint density at radius 1 is 0.780 bits per heavy atom. The van der Waals surface area contributed by atoms with Crippen LogP contribution in [0.1, 0.15) is 168 Å². The maximum absolute atomic E-state index is 12.5. The Bertz CT molecular complexity index is 982. The van der Waals surface area contributed by atoms with Crippen LogP contribution in [0.2, 0.25) is 0 Å². The first-order valence-electron chi connectivity index (χ1n) is 19.6. The Hall–Kier alpha value is -1.62. The van der Waals surface area contributed by atoms with Gasteiger partial charge in [-0.1, -0.05) is 135 Å². The van der Waals surface area contributed by atoms with Gasteiger partial charge in [0, 0.05) is 25.2 Å². The second kappa shape index (κ2) is 28.9. The number of carbonyl (C=O) groups is 3. The zero-order valence-electron chi connectivity index (χ0n) is 31.0. The lowest BCUT2D eigenvalue weighted by Crippen LogP contribution is -2.29. The lowest BCUT2D eigenvalue weighted by Gasteiger charge is -2.19. The number of unbranched alkanes of at least 4 members (excludes halogenated alkanes) is 16. The number of phosphoric acid groups is 1. The maximum Gasteiger partial charge on any atom is 0.469 e. The number of carbonyl (C=O) groups excluding carboxylic acids is 3. The van der Waals surface area contributed by atoms with E-state index in [1.807, 2.05) is 0 Å². The van der Waals surface area contributed by atoms with Crippen molar-refractivity contribution in [2.75, 3.05) is 13.2 Å². The van der Waals surface area contributed by atoms with E-state index in [2.05, 4.69) is 18.4 Å². The van der Waals surface area contributed by atoms with E-state index in [0.29, 0.717) is 25.7 Å². The first kappa shape index (κ1) is 46.4. The molecule has 0 spiro atoms. The molecule has 50 heavy (non-hydrogen) atoms. The van der Waals surface area contributed by atoms with Gasteiger partial charge in [0.05, 0.1) is 18.8 Å². The van der Waals surface area contributed by atoms with Crippen LogP contribution in [0.4, 0.5) is 0 Å². The molecular weight excluding hydrogens is 663 g/mol. The van der Waals surface area contributed by atoms with Gasteiger partial charge in [-0.3, -0.25) is 18.9 Å². The molecule has 0 aromatic heterocycles. The molecule has 4 N–H and O–H groups in total. The van der Waals surface area contributed by atoms with Gasteiger partial charge in [0.25, 0.3) is 0 Å². The largest absolute Gasteiger partial charge is 0.469 e. The molecule has 1 fully saturated rings. The van der Waals surface area contributed by atoms with Crippen LogP contribution in [-0.4, -0.2) is 69.2 Å². The highest BCUT2D eigenvalue weighted by molar-refractivity contribution is 7.46. The minimum absolute atomic E-state index is 0.00164. The third-order valence-corrected chi connectivity index (χ3v) is 9.93. The Labute approximate surface area is 301 Å². The van der Waals surface area contributed by atoms with Crippen LogP contribution in [0.5, 0.6) is 0 Å². The summed E-state index contributed by atoms with van der Waals surface area (Å²) >= 11 is 0. The number of esters is 2. The standard InChI is InChI=1S/C38H69O11P/c1-3-5-7-8-9-10-11-12-13-14-15-21-25-38(43)49-32(30-48-50(44,45)46)29-47-37(42)24-20-17-16-19-23-33-34(36(41)28-35(33)40)27-26-31(39)22-18-6-4-2/h26-27,31-35,39-40H,3-25,28-30H2,1-2H3,(H2,44,45,46)/b27-26+/t31-,32+,33+,34+,35-/m0/s1. The molecule has 5 atom stereocenters. The van der Waals surface area contributed by atoms with E-state index in [4.69, 9.17) is 19.3 Å². The number of phosphoric ester groups is 1. The molecule has 0 saturated heterocycles. The second-order valence-electron chi connectivity index (χ2n) is 14.0. The molecule has 0 amide bonds. The van der Waals surface area contributed by atoms with Crippen LogP contribution in [0.25, 0.3) is 0 Å². The number of hydrogen-bond donors (Lipinski definition) is 4. The Kier molecular flexibility index (Phi) is 26.8. The molecule has 0 aromatic carbocycles. The molecule has 0 bridgehead atoms. The third-order valence-electron chi connectivity index (χ3n) is 9.44.